The molecule has 1 N–H and O–H groups in total. The lowest BCUT2D eigenvalue weighted by Gasteiger charge is -2.20. The van der Waals surface area contributed by atoms with E-state index in [4.69, 9.17) is 9.47 Å². The Morgan fingerprint density at radius 3 is 2.44 bits per heavy atom. The van der Waals surface area contributed by atoms with Crippen molar-refractivity contribution in [3.63, 3.8) is 0 Å². The lowest BCUT2D eigenvalue weighted by Crippen LogP contribution is -2.17. The zero-order chi connectivity index (χ0) is 22.1. The number of carbonyl (C=O) groups excluding carboxylic acids is 1. The molecular formula is C24H22N2O5S. The SMILES string of the molecule is O=C(O)/C(=C(\CC1CCCC1)C(=O)c1ccc2c(c1)OCCO2)c1ccc2nsnc2c1. The summed E-state index contributed by atoms with van der Waals surface area (Å²) in [5.41, 5.74) is 2.56. The third-order valence-corrected chi connectivity index (χ3v) is 6.66. The van der Waals surface area contributed by atoms with Gasteiger partial charge >= 0.3 is 5.97 Å². The molecule has 0 unspecified atom stereocenters. The molecule has 2 heterocycles. The van der Waals surface area contributed by atoms with Crippen molar-refractivity contribution in [1.82, 2.24) is 8.75 Å². The van der Waals surface area contributed by atoms with Crippen molar-refractivity contribution < 1.29 is 24.2 Å². The Hall–Kier alpha value is -3.26. The summed E-state index contributed by atoms with van der Waals surface area (Å²) >= 11 is 1.08. The minimum atomic E-state index is -1.12. The molecule has 8 heteroatoms. The minimum absolute atomic E-state index is 0.0340. The van der Waals surface area contributed by atoms with Crippen LogP contribution >= 0.6 is 11.7 Å². The summed E-state index contributed by atoms with van der Waals surface area (Å²) in [6, 6.07) is 10.2. The number of carboxylic acid groups (broad SMARTS) is 1. The number of carboxylic acids is 1. The highest BCUT2D eigenvalue weighted by Crippen LogP contribution is 2.37. The Kier molecular flexibility index (Phi) is 5.61. The smallest absolute Gasteiger partial charge is 0.336 e. The molecule has 0 saturated heterocycles. The third-order valence-electron chi connectivity index (χ3n) is 6.10. The molecule has 3 aromatic rings. The predicted molar refractivity (Wildman–Crippen MR) is 120 cm³/mol. The number of benzene rings is 2. The molecule has 5 rings (SSSR count). The Bertz CT molecular complexity index is 1230. The lowest BCUT2D eigenvalue weighted by molar-refractivity contribution is -0.130. The van der Waals surface area contributed by atoms with Crippen molar-refractivity contribution in [2.75, 3.05) is 13.2 Å². The highest BCUT2D eigenvalue weighted by Gasteiger charge is 2.28. The Balaban J connectivity index is 1.62. The van der Waals surface area contributed by atoms with E-state index < -0.39 is 5.97 Å². The molecule has 2 aromatic carbocycles. The van der Waals surface area contributed by atoms with Crippen LogP contribution in [0.3, 0.4) is 0 Å². The summed E-state index contributed by atoms with van der Waals surface area (Å²) in [6.45, 7) is 0.877. The van der Waals surface area contributed by atoms with Gasteiger partial charge in [0.15, 0.2) is 17.3 Å². The van der Waals surface area contributed by atoms with Gasteiger partial charge in [-0.3, -0.25) is 4.79 Å². The molecule has 2 aliphatic rings. The van der Waals surface area contributed by atoms with Crippen LogP contribution in [-0.4, -0.2) is 38.8 Å². The van der Waals surface area contributed by atoms with Crippen molar-refractivity contribution in [3.05, 3.63) is 53.1 Å². The molecule has 1 saturated carbocycles. The molecule has 0 radical (unpaired) electrons. The van der Waals surface area contributed by atoms with Gasteiger partial charge < -0.3 is 14.6 Å². The van der Waals surface area contributed by atoms with E-state index in [1.54, 1.807) is 36.4 Å². The summed E-state index contributed by atoms with van der Waals surface area (Å²) in [5.74, 6) is -0.0115. The quantitative estimate of drug-likeness (QED) is 0.427. The second-order valence-electron chi connectivity index (χ2n) is 8.17. The molecule has 0 amide bonds. The second kappa shape index (κ2) is 8.70. The number of fused-ring (bicyclic) bond motifs is 2. The monoisotopic (exact) mass is 450 g/mol. The minimum Gasteiger partial charge on any atom is -0.486 e. The average molecular weight is 451 g/mol. The maximum absolute atomic E-state index is 13.7. The van der Waals surface area contributed by atoms with Gasteiger partial charge in [-0.2, -0.15) is 8.75 Å². The van der Waals surface area contributed by atoms with Gasteiger partial charge in [-0.1, -0.05) is 31.7 Å². The van der Waals surface area contributed by atoms with Crippen molar-refractivity contribution >= 4 is 40.1 Å². The molecule has 1 aliphatic carbocycles. The number of hydrogen-bond acceptors (Lipinski definition) is 7. The second-order valence-corrected chi connectivity index (χ2v) is 8.70. The first-order valence-electron chi connectivity index (χ1n) is 10.7. The highest BCUT2D eigenvalue weighted by atomic mass is 32.1. The fourth-order valence-electron chi connectivity index (χ4n) is 4.53. The van der Waals surface area contributed by atoms with E-state index in [0.717, 1.165) is 37.4 Å². The molecule has 1 fully saturated rings. The number of rotatable bonds is 6. The number of ketones is 1. The van der Waals surface area contributed by atoms with Crippen molar-refractivity contribution in [2.45, 2.75) is 32.1 Å². The van der Waals surface area contributed by atoms with Crippen molar-refractivity contribution in [1.29, 1.82) is 0 Å². The fourth-order valence-corrected chi connectivity index (χ4v) is 5.05. The molecule has 0 bridgehead atoms. The van der Waals surface area contributed by atoms with Crippen LogP contribution in [0.2, 0.25) is 0 Å². The predicted octanol–water partition coefficient (Wildman–Crippen LogP) is 4.76. The van der Waals surface area contributed by atoms with Crippen LogP contribution < -0.4 is 9.47 Å². The normalized spacial score (nSPS) is 16.8. The van der Waals surface area contributed by atoms with Crippen LogP contribution in [0, 0.1) is 5.92 Å². The first-order valence-corrected chi connectivity index (χ1v) is 11.5. The fraction of sp³-hybridized carbons (Fsp3) is 0.333. The van der Waals surface area contributed by atoms with E-state index in [-0.39, 0.29) is 11.4 Å². The maximum atomic E-state index is 13.7. The zero-order valence-electron chi connectivity index (χ0n) is 17.4. The average Bonchev–Trinajstić information content (AvgIpc) is 3.49. The summed E-state index contributed by atoms with van der Waals surface area (Å²) in [7, 11) is 0. The molecular weight excluding hydrogens is 428 g/mol. The van der Waals surface area contributed by atoms with Crippen LogP contribution in [0.15, 0.2) is 42.0 Å². The maximum Gasteiger partial charge on any atom is 0.336 e. The Labute approximate surface area is 189 Å². The van der Waals surface area contributed by atoms with Crippen molar-refractivity contribution in [3.8, 4) is 11.5 Å². The number of nitrogens with zero attached hydrogens (tertiary/aromatic N) is 2. The lowest BCUT2D eigenvalue weighted by atomic mass is 9.86. The van der Waals surface area contributed by atoms with Gasteiger partial charge in [0.05, 0.1) is 17.3 Å². The number of allylic oxidation sites excluding steroid dienone is 1. The third kappa shape index (κ3) is 3.98. The van der Waals surface area contributed by atoms with E-state index in [2.05, 4.69) is 8.75 Å². The summed E-state index contributed by atoms with van der Waals surface area (Å²) in [5, 5.41) is 10.2. The van der Waals surface area contributed by atoms with Gasteiger partial charge in [0.2, 0.25) is 0 Å². The molecule has 164 valence electrons. The number of aromatic nitrogens is 2. The Morgan fingerprint density at radius 1 is 0.938 bits per heavy atom. The van der Waals surface area contributed by atoms with E-state index in [9.17, 15) is 14.7 Å². The van der Waals surface area contributed by atoms with E-state index >= 15 is 0 Å². The van der Waals surface area contributed by atoms with Gasteiger partial charge in [-0.25, -0.2) is 4.79 Å². The van der Waals surface area contributed by atoms with Gasteiger partial charge in [0, 0.05) is 11.1 Å². The van der Waals surface area contributed by atoms with E-state index in [0.29, 0.717) is 64.8 Å². The molecule has 0 spiro atoms. The zero-order valence-corrected chi connectivity index (χ0v) is 18.2. The molecule has 7 nitrogen and oxygen atoms in total. The van der Waals surface area contributed by atoms with Crippen LogP contribution in [0.4, 0.5) is 0 Å². The van der Waals surface area contributed by atoms with E-state index in [1.807, 2.05) is 0 Å². The summed E-state index contributed by atoms with van der Waals surface area (Å²) in [4.78, 5) is 26.2. The molecule has 32 heavy (non-hydrogen) atoms. The molecule has 1 aromatic heterocycles. The van der Waals surface area contributed by atoms with Crippen LogP contribution in [-0.2, 0) is 4.79 Å². The van der Waals surface area contributed by atoms with Crippen molar-refractivity contribution in [2.24, 2.45) is 5.92 Å². The van der Waals surface area contributed by atoms with Crippen LogP contribution in [0.1, 0.15) is 48.0 Å². The number of aliphatic carboxylic acids is 1. The largest absolute Gasteiger partial charge is 0.486 e. The molecule has 0 atom stereocenters. The number of ether oxygens (including phenoxy) is 2. The molecule has 1 aliphatic heterocycles. The number of carbonyl (C=O) groups is 2. The summed E-state index contributed by atoms with van der Waals surface area (Å²) < 4.78 is 19.6. The van der Waals surface area contributed by atoms with Gasteiger partial charge in [-0.05, 0) is 48.2 Å². The van der Waals surface area contributed by atoms with E-state index in [1.165, 1.54) is 0 Å². The highest BCUT2D eigenvalue weighted by molar-refractivity contribution is 7.00. The summed E-state index contributed by atoms with van der Waals surface area (Å²) in [6.07, 6.45) is 4.64. The van der Waals surface area contributed by atoms with Gasteiger partial charge in [0.1, 0.15) is 24.2 Å². The number of hydrogen-bond donors (Lipinski definition) is 1. The first-order chi connectivity index (χ1) is 15.6. The van der Waals surface area contributed by atoms with Gasteiger partial charge in [0.25, 0.3) is 0 Å². The van der Waals surface area contributed by atoms with Crippen LogP contribution in [0.25, 0.3) is 16.6 Å². The first kappa shape index (κ1) is 20.6. The number of Topliss-reactive ketones (excluding diaryl/α,β-unsaturated/α-hetero) is 1. The topological polar surface area (TPSA) is 98.6 Å². The standard InChI is InChI=1S/C24H22N2O5S/c27-23(16-6-8-20-21(13-16)31-10-9-30-20)17(11-14-3-1-2-4-14)22(24(28)29)15-5-7-18-19(12-15)26-32-25-18/h5-8,12-14H,1-4,9-11H2,(H,28,29)/b22-17+. The Morgan fingerprint density at radius 2 is 1.66 bits per heavy atom. The van der Waals surface area contributed by atoms with Gasteiger partial charge in [-0.15, -0.1) is 0 Å². The van der Waals surface area contributed by atoms with Crippen LogP contribution in [0.5, 0.6) is 11.5 Å².